The highest BCUT2D eigenvalue weighted by atomic mass is 32.1. The molecule has 2 aromatic heterocycles. The zero-order valence-electron chi connectivity index (χ0n) is 19.7. The molecule has 168 valence electrons. The monoisotopic (exact) mass is 450 g/mol. The average molecular weight is 451 g/mol. The molecule has 3 aromatic rings. The molecule has 0 aliphatic heterocycles. The van der Waals surface area contributed by atoms with Gasteiger partial charge >= 0.3 is 0 Å². The third-order valence-electron chi connectivity index (χ3n) is 4.83. The lowest BCUT2D eigenvalue weighted by atomic mass is 10.0. The second-order valence-electron chi connectivity index (χ2n) is 9.09. The molecule has 0 spiro atoms. The first-order valence-corrected chi connectivity index (χ1v) is 11.4. The number of aryl methyl sites for hydroxylation is 4. The van der Waals surface area contributed by atoms with E-state index in [1.54, 1.807) is 29.4 Å². The molecule has 6 nitrogen and oxygen atoms in total. The Labute approximate surface area is 193 Å². The van der Waals surface area contributed by atoms with Crippen LogP contribution in [-0.4, -0.2) is 27.3 Å². The number of amides is 2. The summed E-state index contributed by atoms with van der Waals surface area (Å²) in [6.45, 7) is 13.4. The number of carbonyl (C=O) groups excluding carboxylic acids is 2. The molecule has 0 saturated carbocycles. The normalized spacial score (nSPS) is 12.3. The first-order valence-electron chi connectivity index (χ1n) is 10.5. The third kappa shape index (κ3) is 5.40. The van der Waals surface area contributed by atoms with E-state index in [1.165, 1.54) is 11.3 Å². The van der Waals surface area contributed by atoms with Gasteiger partial charge < -0.3 is 5.32 Å². The van der Waals surface area contributed by atoms with Gasteiger partial charge in [-0.3, -0.25) is 19.5 Å². The van der Waals surface area contributed by atoms with Gasteiger partial charge in [0.1, 0.15) is 10.9 Å². The Balaban J connectivity index is 2.24. The van der Waals surface area contributed by atoms with Gasteiger partial charge in [-0.15, -0.1) is 11.3 Å². The van der Waals surface area contributed by atoms with Crippen molar-refractivity contribution in [3.8, 4) is 0 Å². The molecular formula is C25H30N4O2S. The number of benzene rings is 1. The van der Waals surface area contributed by atoms with Crippen LogP contribution >= 0.6 is 11.3 Å². The van der Waals surface area contributed by atoms with E-state index in [-0.39, 0.29) is 11.8 Å². The molecule has 1 atom stereocenters. The maximum Gasteiger partial charge on any atom is 0.271 e. The van der Waals surface area contributed by atoms with E-state index in [1.807, 2.05) is 66.7 Å². The minimum absolute atomic E-state index is 0.246. The molecule has 32 heavy (non-hydrogen) atoms. The van der Waals surface area contributed by atoms with E-state index in [2.05, 4.69) is 15.3 Å². The van der Waals surface area contributed by atoms with Crippen LogP contribution in [0.3, 0.4) is 0 Å². The van der Waals surface area contributed by atoms with E-state index < -0.39 is 11.6 Å². The minimum atomic E-state index is -0.868. The maximum absolute atomic E-state index is 14.0. The van der Waals surface area contributed by atoms with Crippen LogP contribution in [0.4, 0.5) is 5.69 Å². The standard InChI is InChI=1S/C25H30N4O2S/c1-15-12-16(2)14-20(13-15)29(24(31)22-17(3)27-18(4)32-22)21(19-8-10-26-11-9-19)23(30)28-25(5,6)7/h8-14,21H,1-7H3,(H,28,30)/t21-/m0/s1. The SMILES string of the molecule is Cc1cc(C)cc(N(C(=O)c2sc(C)nc2C)[C@H](C(=O)NC(C)(C)C)c2ccncc2)c1. The maximum atomic E-state index is 14.0. The minimum Gasteiger partial charge on any atom is -0.349 e. The number of hydrogen-bond donors (Lipinski definition) is 1. The summed E-state index contributed by atoms with van der Waals surface area (Å²) in [6.07, 6.45) is 3.28. The largest absolute Gasteiger partial charge is 0.349 e. The van der Waals surface area contributed by atoms with Crippen LogP contribution in [0.2, 0.25) is 0 Å². The fourth-order valence-electron chi connectivity index (χ4n) is 3.71. The lowest BCUT2D eigenvalue weighted by Gasteiger charge is -2.34. The van der Waals surface area contributed by atoms with Gasteiger partial charge in [0.25, 0.3) is 5.91 Å². The van der Waals surface area contributed by atoms with Crippen LogP contribution in [0.25, 0.3) is 0 Å². The van der Waals surface area contributed by atoms with Crippen molar-refractivity contribution in [1.29, 1.82) is 0 Å². The first kappa shape index (κ1) is 23.6. The summed E-state index contributed by atoms with van der Waals surface area (Å²) in [7, 11) is 0. The highest BCUT2D eigenvalue weighted by Gasteiger charge is 2.36. The molecule has 0 saturated heterocycles. The van der Waals surface area contributed by atoms with Crippen molar-refractivity contribution < 1.29 is 9.59 Å². The Bertz CT molecular complexity index is 1110. The Morgan fingerprint density at radius 1 is 1.00 bits per heavy atom. The van der Waals surface area contributed by atoms with Gasteiger partial charge in [-0.25, -0.2) is 4.98 Å². The van der Waals surface area contributed by atoms with Gasteiger partial charge in [0.05, 0.1) is 10.7 Å². The van der Waals surface area contributed by atoms with Crippen molar-refractivity contribution in [3.63, 3.8) is 0 Å². The van der Waals surface area contributed by atoms with Gasteiger partial charge in [-0.1, -0.05) is 6.07 Å². The molecule has 0 aliphatic carbocycles. The number of carbonyl (C=O) groups is 2. The van der Waals surface area contributed by atoms with Crippen molar-refractivity contribution in [3.05, 3.63) is 75.0 Å². The van der Waals surface area contributed by atoms with Crippen LogP contribution in [-0.2, 0) is 4.79 Å². The van der Waals surface area contributed by atoms with Crippen LogP contribution in [0, 0.1) is 27.7 Å². The predicted molar refractivity (Wildman–Crippen MR) is 129 cm³/mol. The second kappa shape index (κ2) is 9.20. The van der Waals surface area contributed by atoms with Crippen LogP contribution in [0.1, 0.15) is 63.9 Å². The van der Waals surface area contributed by atoms with E-state index >= 15 is 0 Å². The Morgan fingerprint density at radius 2 is 1.59 bits per heavy atom. The van der Waals surface area contributed by atoms with Gasteiger partial charge in [0, 0.05) is 23.6 Å². The van der Waals surface area contributed by atoms with Crippen molar-refractivity contribution in [1.82, 2.24) is 15.3 Å². The highest BCUT2D eigenvalue weighted by Crippen LogP contribution is 2.33. The molecule has 0 bridgehead atoms. The Hall–Kier alpha value is -3.06. The molecule has 0 radical (unpaired) electrons. The van der Waals surface area contributed by atoms with Crippen LogP contribution in [0.5, 0.6) is 0 Å². The number of pyridine rings is 1. The Kier molecular flexibility index (Phi) is 6.79. The van der Waals surface area contributed by atoms with Crippen molar-refractivity contribution in [2.75, 3.05) is 4.90 Å². The molecule has 0 fully saturated rings. The van der Waals surface area contributed by atoms with Gasteiger partial charge in [-0.2, -0.15) is 0 Å². The molecule has 7 heteroatoms. The molecule has 2 heterocycles. The molecule has 0 unspecified atom stereocenters. The highest BCUT2D eigenvalue weighted by molar-refractivity contribution is 7.13. The quantitative estimate of drug-likeness (QED) is 0.589. The van der Waals surface area contributed by atoms with Crippen molar-refractivity contribution in [2.45, 2.75) is 60.0 Å². The van der Waals surface area contributed by atoms with E-state index in [4.69, 9.17) is 0 Å². The topological polar surface area (TPSA) is 75.2 Å². The smallest absolute Gasteiger partial charge is 0.271 e. The van der Waals surface area contributed by atoms with E-state index in [0.29, 0.717) is 21.8 Å². The molecular weight excluding hydrogens is 420 g/mol. The van der Waals surface area contributed by atoms with E-state index in [0.717, 1.165) is 16.1 Å². The van der Waals surface area contributed by atoms with Gasteiger partial charge in [-0.05, 0) is 89.4 Å². The first-order chi connectivity index (χ1) is 15.0. The van der Waals surface area contributed by atoms with Crippen LogP contribution < -0.4 is 10.2 Å². The summed E-state index contributed by atoms with van der Waals surface area (Å²) in [5.74, 6) is -0.501. The number of aromatic nitrogens is 2. The fraction of sp³-hybridized carbons (Fsp3) is 0.360. The molecule has 1 aromatic carbocycles. The fourth-order valence-corrected chi connectivity index (χ4v) is 4.57. The lowest BCUT2D eigenvalue weighted by molar-refractivity contribution is -0.123. The number of nitrogens with one attached hydrogen (secondary N) is 1. The molecule has 0 aliphatic rings. The molecule has 1 N–H and O–H groups in total. The zero-order valence-corrected chi connectivity index (χ0v) is 20.5. The Morgan fingerprint density at radius 3 is 2.09 bits per heavy atom. The summed E-state index contributed by atoms with van der Waals surface area (Å²) < 4.78 is 0. The van der Waals surface area contributed by atoms with Crippen molar-refractivity contribution in [2.24, 2.45) is 0 Å². The van der Waals surface area contributed by atoms with Crippen molar-refractivity contribution >= 4 is 28.8 Å². The number of rotatable bonds is 5. The molecule has 3 rings (SSSR count). The zero-order chi connectivity index (χ0) is 23.6. The average Bonchev–Trinajstić information content (AvgIpc) is 3.02. The van der Waals surface area contributed by atoms with E-state index in [9.17, 15) is 9.59 Å². The number of hydrogen-bond acceptors (Lipinski definition) is 5. The molecule has 2 amide bonds. The second-order valence-corrected chi connectivity index (χ2v) is 10.3. The summed E-state index contributed by atoms with van der Waals surface area (Å²) in [6, 6.07) is 8.61. The van der Waals surface area contributed by atoms with Gasteiger partial charge in [0.2, 0.25) is 5.91 Å². The van der Waals surface area contributed by atoms with Crippen LogP contribution in [0.15, 0.2) is 42.7 Å². The summed E-state index contributed by atoms with van der Waals surface area (Å²) >= 11 is 1.34. The summed E-state index contributed by atoms with van der Waals surface area (Å²) in [5, 5.41) is 3.87. The summed E-state index contributed by atoms with van der Waals surface area (Å²) in [4.78, 5) is 38.3. The predicted octanol–water partition coefficient (Wildman–Crippen LogP) is 5.07. The van der Waals surface area contributed by atoms with Gasteiger partial charge in [0.15, 0.2) is 0 Å². The lowest BCUT2D eigenvalue weighted by Crippen LogP contribution is -2.49. The third-order valence-corrected chi connectivity index (χ3v) is 5.89. The number of anilines is 1. The number of thiazole rings is 1. The summed E-state index contributed by atoms with van der Waals surface area (Å²) in [5.41, 5.74) is 3.59. The number of nitrogens with zero attached hydrogens (tertiary/aromatic N) is 3.